The summed E-state index contributed by atoms with van der Waals surface area (Å²) in [5.74, 6) is -0.863. The molecule has 0 aliphatic rings. The number of para-hydroxylation sites is 3. The first-order chi connectivity index (χ1) is 17.0. The Morgan fingerprint density at radius 1 is 1.09 bits per heavy atom. The van der Waals surface area contributed by atoms with E-state index in [4.69, 9.17) is 14.8 Å². The Morgan fingerprint density at radius 2 is 1.83 bits per heavy atom. The largest absolute Gasteiger partial charge is 0.481 e. The molecule has 4 rings (SSSR count). The van der Waals surface area contributed by atoms with Gasteiger partial charge >= 0.3 is 5.97 Å². The van der Waals surface area contributed by atoms with E-state index in [9.17, 15) is 9.59 Å². The number of aryl methyl sites for hydroxylation is 1. The predicted octanol–water partition coefficient (Wildman–Crippen LogP) is 4.10. The fraction of sp³-hybridized carbons (Fsp3) is 0.154. The van der Waals surface area contributed by atoms with Crippen molar-refractivity contribution in [1.82, 2.24) is 15.0 Å². The molecule has 0 unspecified atom stereocenters. The minimum absolute atomic E-state index is 0.131. The van der Waals surface area contributed by atoms with Gasteiger partial charge in [0.2, 0.25) is 0 Å². The van der Waals surface area contributed by atoms with E-state index in [1.165, 1.54) is 23.5 Å². The van der Waals surface area contributed by atoms with Crippen LogP contribution in [0, 0.1) is 6.92 Å². The molecule has 3 aromatic carbocycles. The molecule has 1 aromatic heterocycles. The number of hydrogen-bond donors (Lipinski definition) is 2. The number of nitrogens with zero attached hydrogens (tertiary/aromatic N) is 3. The van der Waals surface area contributed by atoms with Crippen molar-refractivity contribution < 1.29 is 19.4 Å². The molecule has 178 valence electrons. The van der Waals surface area contributed by atoms with Gasteiger partial charge < -0.3 is 14.4 Å². The number of rotatable bonds is 10. The third-order valence-corrected chi connectivity index (χ3v) is 6.05. The van der Waals surface area contributed by atoms with Gasteiger partial charge in [-0.05, 0) is 36.8 Å². The maximum atomic E-state index is 12.4. The summed E-state index contributed by atoms with van der Waals surface area (Å²) in [5.41, 5.74) is 7.29. The Bertz CT molecular complexity index is 1370. The summed E-state index contributed by atoms with van der Waals surface area (Å²) in [6.07, 6.45) is 1.42. The Balaban J connectivity index is 1.41. The van der Waals surface area contributed by atoms with Gasteiger partial charge in [0.15, 0.2) is 11.8 Å². The zero-order valence-corrected chi connectivity index (χ0v) is 19.9. The molecule has 35 heavy (non-hydrogen) atoms. The SMILES string of the molecule is Cc1ccc(Cn2c(SCC(=O)NN=Cc3ccccc3OCC(=O)O)nc3ccccc32)cc1. The zero-order chi connectivity index (χ0) is 24.6. The molecule has 0 spiro atoms. The van der Waals surface area contributed by atoms with Crippen molar-refractivity contribution in [2.45, 2.75) is 18.6 Å². The van der Waals surface area contributed by atoms with Crippen LogP contribution in [0.5, 0.6) is 5.75 Å². The average molecular weight is 489 g/mol. The predicted molar refractivity (Wildman–Crippen MR) is 136 cm³/mol. The van der Waals surface area contributed by atoms with Gasteiger partial charge in [-0.15, -0.1) is 0 Å². The molecule has 0 fully saturated rings. The third-order valence-electron chi connectivity index (χ3n) is 5.08. The Hall–Kier alpha value is -4.11. The van der Waals surface area contributed by atoms with E-state index in [2.05, 4.69) is 46.3 Å². The van der Waals surface area contributed by atoms with Crippen LogP contribution in [0.1, 0.15) is 16.7 Å². The number of carboxylic acid groups (broad SMARTS) is 1. The summed E-state index contributed by atoms with van der Waals surface area (Å²) in [4.78, 5) is 27.9. The van der Waals surface area contributed by atoms with Crippen LogP contribution in [-0.2, 0) is 16.1 Å². The highest BCUT2D eigenvalue weighted by atomic mass is 32.2. The quantitative estimate of drug-likeness (QED) is 0.198. The first kappa shape index (κ1) is 24.0. The van der Waals surface area contributed by atoms with Crippen LogP contribution in [0.4, 0.5) is 0 Å². The second kappa shape index (κ2) is 11.3. The molecule has 4 aromatic rings. The van der Waals surface area contributed by atoms with Gasteiger partial charge in [-0.25, -0.2) is 15.2 Å². The van der Waals surface area contributed by atoms with Crippen molar-refractivity contribution in [3.05, 3.63) is 89.5 Å². The first-order valence-electron chi connectivity index (χ1n) is 10.9. The van der Waals surface area contributed by atoms with Crippen molar-refractivity contribution in [3.8, 4) is 5.75 Å². The summed E-state index contributed by atoms with van der Waals surface area (Å²) in [6, 6.07) is 23.1. The Morgan fingerprint density at radius 3 is 2.63 bits per heavy atom. The van der Waals surface area contributed by atoms with Gasteiger partial charge in [-0.3, -0.25) is 4.79 Å². The van der Waals surface area contributed by atoms with Gasteiger partial charge in [0.1, 0.15) is 5.75 Å². The lowest BCUT2D eigenvalue weighted by Crippen LogP contribution is -2.20. The number of amides is 1. The van der Waals surface area contributed by atoms with Crippen molar-refractivity contribution in [2.75, 3.05) is 12.4 Å². The fourth-order valence-corrected chi connectivity index (χ4v) is 4.19. The highest BCUT2D eigenvalue weighted by Gasteiger charge is 2.13. The number of hydrogen-bond acceptors (Lipinski definition) is 6. The number of carbonyl (C=O) groups excluding carboxylic acids is 1. The number of aliphatic carboxylic acids is 1. The lowest BCUT2D eigenvalue weighted by atomic mass is 10.1. The molecule has 9 heteroatoms. The first-order valence-corrected chi connectivity index (χ1v) is 11.9. The third kappa shape index (κ3) is 6.48. The number of hydrazone groups is 1. The number of fused-ring (bicyclic) bond motifs is 1. The van der Waals surface area contributed by atoms with Crippen LogP contribution in [0.3, 0.4) is 0 Å². The van der Waals surface area contributed by atoms with E-state index >= 15 is 0 Å². The molecule has 8 nitrogen and oxygen atoms in total. The maximum absolute atomic E-state index is 12.4. The van der Waals surface area contributed by atoms with Crippen LogP contribution in [-0.4, -0.2) is 45.1 Å². The lowest BCUT2D eigenvalue weighted by molar-refractivity contribution is -0.139. The van der Waals surface area contributed by atoms with Crippen molar-refractivity contribution in [3.63, 3.8) is 0 Å². The van der Waals surface area contributed by atoms with Gasteiger partial charge in [-0.1, -0.05) is 65.9 Å². The Kier molecular flexibility index (Phi) is 7.79. The van der Waals surface area contributed by atoms with E-state index in [0.717, 1.165) is 21.8 Å². The molecule has 0 saturated heterocycles. The summed E-state index contributed by atoms with van der Waals surface area (Å²) < 4.78 is 7.35. The van der Waals surface area contributed by atoms with E-state index < -0.39 is 12.6 Å². The van der Waals surface area contributed by atoms with Gasteiger partial charge in [0.05, 0.1) is 29.5 Å². The number of nitrogens with one attached hydrogen (secondary N) is 1. The molecule has 1 heterocycles. The standard InChI is InChI=1S/C26H24N4O4S/c1-18-10-12-19(13-11-18)15-30-22-8-4-3-7-21(22)28-26(30)35-17-24(31)29-27-14-20-6-2-5-9-23(20)34-16-25(32)33/h2-14H,15-17H2,1H3,(H,29,31)(H,32,33). The van der Waals surface area contributed by atoms with E-state index in [1.54, 1.807) is 24.3 Å². The summed E-state index contributed by atoms with van der Waals surface area (Å²) in [5, 5.41) is 13.5. The fourth-order valence-electron chi connectivity index (χ4n) is 3.39. The number of aromatic nitrogens is 2. The Labute approximate surface area is 206 Å². The molecule has 0 radical (unpaired) electrons. The number of ether oxygens (including phenoxy) is 1. The lowest BCUT2D eigenvalue weighted by Gasteiger charge is -2.09. The second-order valence-electron chi connectivity index (χ2n) is 7.76. The molecular weight excluding hydrogens is 464 g/mol. The molecule has 0 bridgehead atoms. The number of thioether (sulfide) groups is 1. The van der Waals surface area contributed by atoms with E-state index in [1.807, 2.05) is 24.3 Å². The summed E-state index contributed by atoms with van der Waals surface area (Å²) >= 11 is 1.34. The highest BCUT2D eigenvalue weighted by Crippen LogP contribution is 2.25. The van der Waals surface area contributed by atoms with Crippen LogP contribution >= 0.6 is 11.8 Å². The number of imidazole rings is 1. The summed E-state index contributed by atoms with van der Waals surface area (Å²) in [7, 11) is 0. The molecule has 0 aliphatic carbocycles. The number of benzene rings is 3. The summed E-state index contributed by atoms with van der Waals surface area (Å²) in [6.45, 7) is 2.24. The van der Waals surface area contributed by atoms with Crippen LogP contribution in [0.15, 0.2) is 83.1 Å². The maximum Gasteiger partial charge on any atom is 0.341 e. The number of carboxylic acids is 1. The normalized spacial score (nSPS) is 11.1. The van der Waals surface area contributed by atoms with Crippen LogP contribution in [0.25, 0.3) is 11.0 Å². The van der Waals surface area contributed by atoms with Crippen LogP contribution < -0.4 is 10.2 Å². The topological polar surface area (TPSA) is 106 Å². The molecule has 2 N–H and O–H groups in total. The minimum Gasteiger partial charge on any atom is -0.481 e. The van der Waals surface area contributed by atoms with Gasteiger partial charge in [0, 0.05) is 5.56 Å². The van der Waals surface area contributed by atoms with E-state index in [-0.39, 0.29) is 11.7 Å². The van der Waals surface area contributed by atoms with Crippen molar-refractivity contribution >= 4 is 40.9 Å². The molecular formula is C26H24N4O4S. The van der Waals surface area contributed by atoms with E-state index in [0.29, 0.717) is 17.9 Å². The van der Waals surface area contributed by atoms with Crippen LogP contribution in [0.2, 0.25) is 0 Å². The molecule has 0 atom stereocenters. The molecule has 0 aliphatic heterocycles. The minimum atomic E-state index is -1.07. The number of carbonyl (C=O) groups is 2. The zero-order valence-electron chi connectivity index (χ0n) is 19.0. The molecule has 0 saturated carbocycles. The molecule has 1 amide bonds. The monoisotopic (exact) mass is 488 g/mol. The van der Waals surface area contributed by atoms with Crippen molar-refractivity contribution in [2.24, 2.45) is 5.10 Å². The second-order valence-corrected chi connectivity index (χ2v) is 8.70. The van der Waals surface area contributed by atoms with Gasteiger partial charge in [0.25, 0.3) is 5.91 Å². The highest BCUT2D eigenvalue weighted by molar-refractivity contribution is 7.99. The van der Waals surface area contributed by atoms with Gasteiger partial charge in [-0.2, -0.15) is 5.10 Å². The average Bonchev–Trinajstić information content (AvgIpc) is 3.20. The van der Waals surface area contributed by atoms with Crippen molar-refractivity contribution in [1.29, 1.82) is 0 Å². The smallest absolute Gasteiger partial charge is 0.341 e.